The maximum atomic E-state index is 11.7. The molecule has 0 aliphatic rings. The van der Waals surface area contributed by atoms with Gasteiger partial charge in [-0.25, -0.2) is 4.98 Å². The predicted molar refractivity (Wildman–Crippen MR) is 82.8 cm³/mol. The van der Waals surface area contributed by atoms with Gasteiger partial charge in [0.2, 0.25) is 5.91 Å². The molecule has 2 N–H and O–H groups in total. The Kier molecular flexibility index (Phi) is 4.69. The Bertz CT molecular complexity index is 600. The zero-order valence-electron chi connectivity index (χ0n) is 11.3. The Morgan fingerprint density at radius 1 is 1.55 bits per heavy atom. The summed E-state index contributed by atoms with van der Waals surface area (Å²) >= 11 is 3.01. The van der Waals surface area contributed by atoms with Crippen molar-refractivity contribution in [2.75, 3.05) is 6.54 Å². The monoisotopic (exact) mass is 308 g/mol. The van der Waals surface area contributed by atoms with Gasteiger partial charge in [-0.2, -0.15) is 0 Å². The summed E-state index contributed by atoms with van der Waals surface area (Å²) < 4.78 is 0. The number of nitrogens with one attached hydrogen (secondary N) is 1. The molecule has 1 atom stereocenters. The average molecular weight is 308 g/mol. The molecule has 2 rings (SSSR count). The number of carbonyl (C=O) groups excluding carboxylic acids is 1. The lowest BCUT2D eigenvalue weighted by Gasteiger charge is -2.21. The molecule has 20 heavy (non-hydrogen) atoms. The molecular weight excluding hydrogens is 292 g/mol. The van der Waals surface area contributed by atoms with Crippen molar-refractivity contribution >= 4 is 34.7 Å². The van der Waals surface area contributed by atoms with Gasteiger partial charge >= 0.3 is 0 Å². The van der Waals surface area contributed by atoms with Crippen LogP contribution in [0.3, 0.4) is 0 Å². The van der Waals surface area contributed by atoms with E-state index in [9.17, 15) is 9.90 Å². The van der Waals surface area contributed by atoms with Crippen molar-refractivity contribution in [2.24, 2.45) is 0 Å². The van der Waals surface area contributed by atoms with Crippen LogP contribution in [0.1, 0.15) is 22.5 Å². The first-order valence-corrected chi connectivity index (χ1v) is 7.88. The zero-order valence-corrected chi connectivity index (χ0v) is 12.9. The molecule has 2 aromatic rings. The highest BCUT2D eigenvalue weighted by atomic mass is 32.1. The average Bonchev–Trinajstić information content (AvgIpc) is 3.05. The summed E-state index contributed by atoms with van der Waals surface area (Å²) in [6.45, 7) is 3.78. The van der Waals surface area contributed by atoms with Crippen LogP contribution in [0.2, 0.25) is 0 Å². The fourth-order valence-electron chi connectivity index (χ4n) is 1.61. The quantitative estimate of drug-likeness (QED) is 0.835. The van der Waals surface area contributed by atoms with Gasteiger partial charge in [-0.1, -0.05) is 6.07 Å². The Morgan fingerprint density at radius 2 is 2.35 bits per heavy atom. The minimum atomic E-state index is -1.05. The maximum absolute atomic E-state index is 11.7. The van der Waals surface area contributed by atoms with Crippen molar-refractivity contribution < 1.29 is 9.90 Å². The summed E-state index contributed by atoms with van der Waals surface area (Å²) in [5.41, 5.74) is -0.276. The molecule has 0 fully saturated rings. The third kappa shape index (κ3) is 4.00. The molecule has 0 spiro atoms. The van der Waals surface area contributed by atoms with Crippen LogP contribution in [0.25, 0.3) is 6.08 Å². The van der Waals surface area contributed by atoms with Crippen molar-refractivity contribution in [3.8, 4) is 0 Å². The molecule has 2 heterocycles. The zero-order chi connectivity index (χ0) is 14.6. The number of hydrogen-bond donors (Lipinski definition) is 2. The molecule has 0 aromatic carbocycles. The molecular formula is C14H16N2O2S2. The fourth-order valence-corrected chi connectivity index (χ4v) is 2.98. The molecule has 2 aromatic heterocycles. The third-order valence-corrected chi connectivity index (χ3v) is 4.62. The van der Waals surface area contributed by atoms with Crippen LogP contribution in [0, 0.1) is 6.92 Å². The van der Waals surface area contributed by atoms with Crippen molar-refractivity contribution in [1.29, 1.82) is 0 Å². The standard InChI is InChI=1S/C14H16N2O2S2/c1-10-16-11(8-20-10)5-6-13(17)15-9-14(2,18)12-4-3-7-19-12/h3-8,18H,9H2,1-2H3,(H,15,17)/b6-5+. The number of carbonyl (C=O) groups is 1. The van der Waals surface area contributed by atoms with E-state index < -0.39 is 5.60 Å². The first kappa shape index (κ1) is 14.9. The van der Waals surface area contributed by atoms with Crippen LogP contribution in [0.4, 0.5) is 0 Å². The van der Waals surface area contributed by atoms with Gasteiger partial charge in [-0.3, -0.25) is 4.79 Å². The SMILES string of the molecule is Cc1nc(/C=C/C(=O)NCC(C)(O)c2cccs2)cs1. The van der Waals surface area contributed by atoms with E-state index in [0.717, 1.165) is 15.6 Å². The number of amides is 1. The topological polar surface area (TPSA) is 62.2 Å². The normalized spacial score (nSPS) is 14.3. The second kappa shape index (κ2) is 6.30. The van der Waals surface area contributed by atoms with E-state index in [0.29, 0.717) is 0 Å². The number of thiazole rings is 1. The molecule has 106 valence electrons. The van der Waals surface area contributed by atoms with E-state index >= 15 is 0 Å². The highest BCUT2D eigenvalue weighted by Crippen LogP contribution is 2.24. The van der Waals surface area contributed by atoms with E-state index in [1.165, 1.54) is 28.7 Å². The maximum Gasteiger partial charge on any atom is 0.244 e. The molecule has 6 heteroatoms. The van der Waals surface area contributed by atoms with Gasteiger partial charge in [-0.15, -0.1) is 22.7 Å². The largest absolute Gasteiger partial charge is 0.383 e. The van der Waals surface area contributed by atoms with Crippen LogP contribution < -0.4 is 5.32 Å². The Morgan fingerprint density at radius 3 is 2.95 bits per heavy atom. The number of rotatable bonds is 5. The lowest BCUT2D eigenvalue weighted by Crippen LogP contribution is -2.37. The second-order valence-corrected chi connectivity index (χ2v) is 6.60. The molecule has 0 aliphatic carbocycles. The molecule has 0 aliphatic heterocycles. The van der Waals surface area contributed by atoms with E-state index in [1.54, 1.807) is 13.0 Å². The van der Waals surface area contributed by atoms with Gasteiger partial charge in [0.25, 0.3) is 0 Å². The van der Waals surface area contributed by atoms with Crippen molar-refractivity contribution in [3.05, 3.63) is 44.5 Å². The number of hydrogen-bond acceptors (Lipinski definition) is 5. The molecule has 0 bridgehead atoms. The smallest absolute Gasteiger partial charge is 0.244 e. The summed E-state index contributed by atoms with van der Waals surface area (Å²) in [5.74, 6) is -0.243. The number of aliphatic hydroxyl groups is 1. The lowest BCUT2D eigenvalue weighted by molar-refractivity contribution is -0.117. The van der Waals surface area contributed by atoms with E-state index in [4.69, 9.17) is 0 Å². The summed E-state index contributed by atoms with van der Waals surface area (Å²) in [4.78, 5) is 16.8. The molecule has 1 amide bonds. The van der Waals surface area contributed by atoms with Crippen LogP contribution >= 0.6 is 22.7 Å². The molecule has 4 nitrogen and oxygen atoms in total. The summed E-state index contributed by atoms with van der Waals surface area (Å²) in [6, 6.07) is 3.73. The van der Waals surface area contributed by atoms with Crippen molar-refractivity contribution in [2.45, 2.75) is 19.4 Å². The molecule has 0 saturated carbocycles. The number of nitrogens with zero attached hydrogens (tertiary/aromatic N) is 1. The highest BCUT2D eigenvalue weighted by Gasteiger charge is 2.24. The molecule has 1 unspecified atom stereocenters. The fraction of sp³-hybridized carbons (Fsp3) is 0.286. The first-order chi connectivity index (χ1) is 9.47. The Labute approximate surface area is 125 Å². The molecule has 0 saturated heterocycles. The van der Waals surface area contributed by atoms with Crippen molar-refractivity contribution in [3.63, 3.8) is 0 Å². The number of thiophene rings is 1. The summed E-state index contributed by atoms with van der Waals surface area (Å²) in [7, 11) is 0. The molecule has 0 radical (unpaired) electrons. The minimum absolute atomic E-state index is 0.173. The van der Waals surface area contributed by atoms with Crippen LogP contribution in [0.15, 0.2) is 29.0 Å². The third-order valence-electron chi connectivity index (χ3n) is 2.70. The van der Waals surface area contributed by atoms with E-state index in [-0.39, 0.29) is 12.5 Å². The van der Waals surface area contributed by atoms with Crippen LogP contribution in [-0.2, 0) is 10.4 Å². The van der Waals surface area contributed by atoms with Crippen LogP contribution in [-0.4, -0.2) is 22.5 Å². The summed E-state index contributed by atoms with van der Waals surface area (Å²) in [6.07, 6.45) is 3.09. The van der Waals surface area contributed by atoms with Gasteiger partial charge in [0.15, 0.2) is 0 Å². The second-order valence-electron chi connectivity index (χ2n) is 4.59. The lowest BCUT2D eigenvalue weighted by atomic mass is 10.1. The highest BCUT2D eigenvalue weighted by molar-refractivity contribution is 7.10. The van der Waals surface area contributed by atoms with Gasteiger partial charge < -0.3 is 10.4 Å². The Balaban J connectivity index is 1.88. The number of aryl methyl sites for hydroxylation is 1. The minimum Gasteiger partial charge on any atom is -0.383 e. The van der Waals surface area contributed by atoms with Gasteiger partial charge in [-0.05, 0) is 31.4 Å². The van der Waals surface area contributed by atoms with E-state index in [1.807, 2.05) is 29.8 Å². The Hall–Kier alpha value is -1.50. The van der Waals surface area contributed by atoms with Gasteiger partial charge in [0.1, 0.15) is 5.60 Å². The van der Waals surface area contributed by atoms with E-state index in [2.05, 4.69) is 10.3 Å². The predicted octanol–water partition coefficient (Wildman–Crippen LogP) is 2.55. The van der Waals surface area contributed by atoms with Gasteiger partial charge in [0.05, 0.1) is 17.2 Å². The summed E-state index contributed by atoms with van der Waals surface area (Å²) in [5, 5.41) is 17.7. The van der Waals surface area contributed by atoms with Crippen molar-refractivity contribution in [1.82, 2.24) is 10.3 Å². The van der Waals surface area contributed by atoms with Crippen LogP contribution in [0.5, 0.6) is 0 Å². The number of aromatic nitrogens is 1. The first-order valence-electron chi connectivity index (χ1n) is 6.12. The van der Waals surface area contributed by atoms with Gasteiger partial charge in [0, 0.05) is 16.3 Å².